The third-order valence-electron chi connectivity index (χ3n) is 5.21. The molecular weight excluding hydrogens is 372 g/mol. The zero-order chi connectivity index (χ0) is 19.6. The van der Waals surface area contributed by atoms with E-state index in [0.29, 0.717) is 13.1 Å². The van der Waals surface area contributed by atoms with Crippen LogP contribution in [0.15, 0.2) is 66.1 Å². The van der Waals surface area contributed by atoms with Crippen LogP contribution in [0.3, 0.4) is 0 Å². The number of benzene rings is 1. The van der Waals surface area contributed by atoms with Crippen molar-refractivity contribution in [2.24, 2.45) is 7.05 Å². The summed E-state index contributed by atoms with van der Waals surface area (Å²) in [6.45, 7) is 0.988. The second kappa shape index (κ2) is 7.85. The first-order chi connectivity index (χ1) is 13.5. The average Bonchev–Trinajstić information content (AvgIpc) is 3.16. The van der Waals surface area contributed by atoms with Gasteiger partial charge in [0.2, 0.25) is 0 Å². The summed E-state index contributed by atoms with van der Waals surface area (Å²) in [5.74, 6) is 0.283. The number of nitrogens with zero attached hydrogens (tertiary/aromatic N) is 4. The van der Waals surface area contributed by atoms with Crippen LogP contribution in [0.2, 0.25) is 0 Å². The first-order valence-corrected chi connectivity index (χ1v) is 10.9. The number of sulfonamides is 1. The largest absolute Gasteiger partial charge is 0.339 e. The predicted molar refractivity (Wildman–Crippen MR) is 107 cm³/mol. The van der Waals surface area contributed by atoms with Crippen LogP contribution in [0.5, 0.6) is 0 Å². The average molecular weight is 397 g/mol. The fourth-order valence-corrected chi connectivity index (χ4v) is 5.11. The molecule has 4 rings (SSSR count). The molecule has 3 heterocycles. The van der Waals surface area contributed by atoms with Crippen LogP contribution < -0.4 is 0 Å². The zero-order valence-corrected chi connectivity index (χ0v) is 16.7. The molecule has 1 aromatic carbocycles. The Kier molecular flexibility index (Phi) is 5.28. The van der Waals surface area contributed by atoms with Gasteiger partial charge in [0, 0.05) is 50.1 Å². The Hall–Kier alpha value is -2.51. The highest BCUT2D eigenvalue weighted by Crippen LogP contribution is 2.29. The number of aromatic nitrogens is 3. The molecule has 0 saturated carbocycles. The summed E-state index contributed by atoms with van der Waals surface area (Å²) >= 11 is 0. The number of imidazole rings is 1. The van der Waals surface area contributed by atoms with E-state index in [1.807, 2.05) is 18.2 Å². The van der Waals surface area contributed by atoms with Crippen LogP contribution >= 0.6 is 0 Å². The van der Waals surface area contributed by atoms with Gasteiger partial charge in [-0.25, -0.2) is 13.4 Å². The minimum atomic E-state index is -3.51. The van der Waals surface area contributed by atoms with Crippen molar-refractivity contribution >= 4 is 10.0 Å². The van der Waals surface area contributed by atoms with E-state index in [-0.39, 0.29) is 10.9 Å². The number of piperidine rings is 1. The van der Waals surface area contributed by atoms with Gasteiger partial charge in [-0.1, -0.05) is 36.4 Å². The Balaban J connectivity index is 1.43. The third kappa shape index (κ3) is 4.00. The smallest absolute Gasteiger partial charge is 0.262 e. The van der Waals surface area contributed by atoms with Gasteiger partial charge in [-0.15, -0.1) is 0 Å². The van der Waals surface area contributed by atoms with Gasteiger partial charge in [0.05, 0.1) is 6.33 Å². The van der Waals surface area contributed by atoms with Crippen molar-refractivity contribution in [2.45, 2.75) is 30.2 Å². The first-order valence-electron chi connectivity index (χ1n) is 9.50. The summed E-state index contributed by atoms with van der Waals surface area (Å²) in [6, 6.07) is 16.5. The number of aryl methyl sites for hydroxylation is 1. The lowest BCUT2D eigenvalue weighted by atomic mass is 9.94. The summed E-state index contributed by atoms with van der Waals surface area (Å²) in [5.41, 5.74) is 3.35. The van der Waals surface area contributed by atoms with E-state index < -0.39 is 10.0 Å². The fourth-order valence-electron chi connectivity index (χ4n) is 3.68. The van der Waals surface area contributed by atoms with E-state index in [0.717, 1.165) is 30.7 Å². The molecule has 2 aromatic heterocycles. The Bertz CT molecular complexity index is 1040. The summed E-state index contributed by atoms with van der Waals surface area (Å²) < 4.78 is 28.7. The van der Waals surface area contributed by atoms with Crippen molar-refractivity contribution in [3.05, 3.63) is 78.0 Å². The monoisotopic (exact) mass is 396 g/mol. The van der Waals surface area contributed by atoms with E-state index in [9.17, 15) is 8.42 Å². The van der Waals surface area contributed by atoms with Gasteiger partial charge in [0.15, 0.2) is 5.03 Å². The lowest BCUT2D eigenvalue weighted by molar-refractivity contribution is 0.316. The normalized spacial score (nSPS) is 16.3. The maximum Gasteiger partial charge on any atom is 0.262 e. The predicted octanol–water partition coefficient (Wildman–Crippen LogP) is 2.97. The van der Waals surface area contributed by atoms with E-state index >= 15 is 0 Å². The molecule has 6 nitrogen and oxygen atoms in total. The summed E-state index contributed by atoms with van der Waals surface area (Å²) in [5, 5.41) is 0.122. The Labute approximate surface area is 165 Å². The van der Waals surface area contributed by atoms with Crippen LogP contribution in [-0.4, -0.2) is 40.3 Å². The molecule has 28 heavy (non-hydrogen) atoms. The molecule has 0 amide bonds. The van der Waals surface area contributed by atoms with Crippen LogP contribution in [-0.2, 0) is 23.5 Å². The SMILES string of the molecule is Cn1cnc(S(=O)(=O)N2CCC(c3cccc(Cc4ccccc4)n3)CC2)c1. The van der Waals surface area contributed by atoms with E-state index in [4.69, 9.17) is 4.98 Å². The Morgan fingerprint density at radius 2 is 1.79 bits per heavy atom. The third-order valence-corrected chi connectivity index (χ3v) is 7.00. The molecule has 0 radical (unpaired) electrons. The molecule has 0 N–H and O–H groups in total. The first kappa shape index (κ1) is 18.8. The number of rotatable bonds is 5. The standard InChI is InChI=1S/C21H24N4O2S/c1-24-15-21(22-16-24)28(26,27)25-12-10-18(11-13-25)20-9-5-8-19(23-20)14-17-6-3-2-4-7-17/h2-9,15-16,18H,10-14H2,1H3. The Morgan fingerprint density at radius 1 is 1.04 bits per heavy atom. The quantitative estimate of drug-likeness (QED) is 0.665. The topological polar surface area (TPSA) is 68.1 Å². The van der Waals surface area contributed by atoms with Crippen LogP contribution in [0.4, 0.5) is 0 Å². The van der Waals surface area contributed by atoms with Gasteiger partial charge in [0.25, 0.3) is 10.0 Å². The molecule has 0 aliphatic carbocycles. The minimum Gasteiger partial charge on any atom is -0.339 e. The van der Waals surface area contributed by atoms with Gasteiger partial charge < -0.3 is 4.57 Å². The zero-order valence-electron chi connectivity index (χ0n) is 15.9. The molecule has 0 spiro atoms. The van der Waals surface area contributed by atoms with Crippen molar-refractivity contribution in [3.63, 3.8) is 0 Å². The molecule has 0 atom stereocenters. The van der Waals surface area contributed by atoms with Crippen LogP contribution in [0.1, 0.15) is 35.7 Å². The summed E-state index contributed by atoms with van der Waals surface area (Å²) in [6.07, 6.45) is 5.42. The Morgan fingerprint density at radius 3 is 2.46 bits per heavy atom. The molecule has 3 aromatic rings. The highest BCUT2D eigenvalue weighted by Gasteiger charge is 2.31. The number of hydrogen-bond acceptors (Lipinski definition) is 4. The second-order valence-corrected chi connectivity index (χ2v) is 9.16. The molecule has 0 unspecified atom stereocenters. The second-order valence-electron chi connectivity index (χ2n) is 7.27. The molecule has 1 aliphatic heterocycles. The molecule has 0 bridgehead atoms. The van der Waals surface area contributed by atoms with Gasteiger partial charge in [-0.3, -0.25) is 4.98 Å². The molecule has 1 saturated heterocycles. The lowest BCUT2D eigenvalue weighted by Gasteiger charge is -2.30. The molecular formula is C21H24N4O2S. The van der Waals surface area contributed by atoms with E-state index in [2.05, 4.69) is 35.3 Å². The van der Waals surface area contributed by atoms with Crippen molar-refractivity contribution in [3.8, 4) is 0 Å². The summed E-state index contributed by atoms with van der Waals surface area (Å²) in [4.78, 5) is 8.87. The lowest BCUT2D eigenvalue weighted by Crippen LogP contribution is -2.38. The summed E-state index contributed by atoms with van der Waals surface area (Å²) in [7, 11) is -1.74. The van der Waals surface area contributed by atoms with E-state index in [1.165, 1.54) is 11.9 Å². The highest BCUT2D eigenvalue weighted by atomic mass is 32.2. The maximum atomic E-state index is 12.7. The van der Waals surface area contributed by atoms with Crippen molar-refractivity contribution in [1.29, 1.82) is 0 Å². The molecule has 7 heteroatoms. The molecule has 1 aliphatic rings. The van der Waals surface area contributed by atoms with Crippen molar-refractivity contribution in [2.75, 3.05) is 13.1 Å². The minimum absolute atomic E-state index is 0.122. The van der Waals surface area contributed by atoms with Gasteiger partial charge in [-0.05, 0) is 30.5 Å². The van der Waals surface area contributed by atoms with Gasteiger partial charge >= 0.3 is 0 Å². The van der Waals surface area contributed by atoms with Gasteiger partial charge in [-0.2, -0.15) is 4.31 Å². The van der Waals surface area contributed by atoms with Crippen LogP contribution in [0, 0.1) is 0 Å². The molecule has 146 valence electrons. The van der Waals surface area contributed by atoms with Crippen molar-refractivity contribution in [1.82, 2.24) is 18.8 Å². The van der Waals surface area contributed by atoms with Crippen molar-refractivity contribution < 1.29 is 8.42 Å². The molecule has 1 fully saturated rings. The number of hydrogen-bond donors (Lipinski definition) is 0. The van der Waals surface area contributed by atoms with E-state index in [1.54, 1.807) is 22.1 Å². The highest BCUT2D eigenvalue weighted by molar-refractivity contribution is 7.89. The maximum absolute atomic E-state index is 12.7. The fraction of sp³-hybridized carbons (Fsp3) is 0.333. The van der Waals surface area contributed by atoms with Gasteiger partial charge in [0.1, 0.15) is 0 Å². The van der Waals surface area contributed by atoms with Crippen LogP contribution in [0.25, 0.3) is 0 Å². The number of pyridine rings is 1.